The van der Waals surface area contributed by atoms with Crippen LogP contribution in [-0.4, -0.2) is 19.5 Å². The number of rotatable bonds is 4. The predicted octanol–water partition coefficient (Wildman–Crippen LogP) is 3.08. The van der Waals surface area contributed by atoms with E-state index in [1.807, 2.05) is 0 Å². The van der Waals surface area contributed by atoms with Gasteiger partial charge in [-0.25, -0.2) is 22.0 Å². The molecule has 5 nitrogen and oxygen atoms in total. The molecule has 8 heteroatoms. The van der Waals surface area contributed by atoms with Gasteiger partial charge in [-0.05, 0) is 43.2 Å². The van der Waals surface area contributed by atoms with E-state index in [1.165, 1.54) is 13.0 Å². The fourth-order valence-electron chi connectivity index (χ4n) is 2.12. The molecule has 2 aromatic carbocycles. The number of hydrogen-bond donors (Lipinski definition) is 2. The highest BCUT2D eigenvalue weighted by molar-refractivity contribution is 7.92. The zero-order chi connectivity index (χ0) is 17.4. The zero-order valence-electron chi connectivity index (χ0n) is 12.2. The average molecular weight is 341 g/mol. The number of sulfonamides is 1. The van der Waals surface area contributed by atoms with E-state index < -0.39 is 27.6 Å². The van der Waals surface area contributed by atoms with Gasteiger partial charge in [0.25, 0.3) is 10.0 Å². The molecule has 122 valence electrons. The third-order valence-electron chi connectivity index (χ3n) is 3.21. The summed E-state index contributed by atoms with van der Waals surface area (Å²) in [7, 11) is -4.15. The number of carboxylic acids is 1. The Balaban J connectivity index is 2.49. The lowest BCUT2D eigenvalue weighted by Crippen LogP contribution is -2.16. The number of hydrogen-bond acceptors (Lipinski definition) is 3. The van der Waals surface area contributed by atoms with Crippen molar-refractivity contribution in [1.29, 1.82) is 0 Å². The van der Waals surface area contributed by atoms with Crippen LogP contribution in [-0.2, 0) is 10.0 Å². The van der Waals surface area contributed by atoms with Crippen molar-refractivity contribution >= 4 is 21.7 Å². The van der Waals surface area contributed by atoms with Crippen LogP contribution < -0.4 is 4.72 Å². The number of aromatic carboxylic acids is 1. The van der Waals surface area contributed by atoms with E-state index >= 15 is 0 Å². The minimum Gasteiger partial charge on any atom is -0.478 e. The second kappa shape index (κ2) is 5.96. The lowest BCUT2D eigenvalue weighted by atomic mass is 10.1. The Labute approximate surface area is 131 Å². The number of nitrogens with one attached hydrogen (secondary N) is 1. The Morgan fingerprint density at radius 3 is 2.26 bits per heavy atom. The number of carboxylic acid groups (broad SMARTS) is 1. The second-order valence-electron chi connectivity index (χ2n) is 4.97. The molecule has 0 unspecified atom stereocenters. The molecule has 2 aromatic rings. The highest BCUT2D eigenvalue weighted by Crippen LogP contribution is 2.24. The zero-order valence-corrected chi connectivity index (χ0v) is 13.0. The van der Waals surface area contributed by atoms with Crippen LogP contribution in [0, 0.1) is 25.5 Å². The first-order valence-electron chi connectivity index (χ1n) is 6.44. The number of carbonyl (C=O) groups is 1. The fourth-order valence-corrected chi connectivity index (χ4v) is 3.43. The van der Waals surface area contributed by atoms with Crippen molar-refractivity contribution in [3.05, 3.63) is 58.7 Å². The van der Waals surface area contributed by atoms with Crippen molar-refractivity contribution in [1.82, 2.24) is 0 Å². The number of benzene rings is 2. The molecule has 0 fully saturated rings. The standard InChI is InChI=1S/C15H13F2NO4S/c1-8-5-9(2)14(7-11(8)15(19)20)23(21,22)18-10-3-4-12(16)13(17)6-10/h3-7,18H,1-2H3,(H,19,20). The maximum absolute atomic E-state index is 13.2. The maximum Gasteiger partial charge on any atom is 0.335 e. The van der Waals surface area contributed by atoms with Crippen molar-refractivity contribution < 1.29 is 27.1 Å². The summed E-state index contributed by atoms with van der Waals surface area (Å²) in [6.45, 7) is 3.06. The van der Waals surface area contributed by atoms with Crippen molar-refractivity contribution in [2.75, 3.05) is 4.72 Å². The highest BCUT2D eigenvalue weighted by Gasteiger charge is 2.21. The second-order valence-corrected chi connectivity index (χ2v) is 6.62. The van der Waals surface area contributed by atoms with Gasteiger partial charge in [-0.15, -0.1) is 0 Å². The lowest BCUT2D eigenvalue weighted by molar-refractivity contribution is 0.0696. The van der Waals surface area contributed by atoms with Gasteiger partial charge in [-0.2, -0.15) is 0 Å². The van der Waals surface area contributed by atoms with Gasteiger partial charge in [-0.1, -0.05) is 6.07 Å². The molecule has 2 N–H and O–H groups in total. The number of anilines is 1. The van der Waals surface area contributed by atoms with Crippen LogP contribution in [0.2, 0.25) is 0 Å². The first kappa shape index (κ1) is 16.9. The Morgan fingerprint density at radius 1 is 1.04 bits per heavy atom. The molecule has 23 heavy (non-hydrogen) atoms. The Bertz CT molecular complexity index is 895. The normalized spacial score (nSPS) is 11.3. The molecule has 0 aliphatic carbocycles. The van der Waals surface area contributed by atoms with Crippen LogP contribution in [0.25, 0.3) is 0 Å². The molecule has 0 aromatic heterocycles. The molecule has 0 aliphatic heterocycles. The molecule has 0 heterocycles. The number of halogens is 2. The predicted molar refractivity (Wildman–Crippen MR) is 80.0 cm³/mol. The van der Waals surface area contributed by atoms with Gasteiger partial charge >= 0.3 is 5.97 Å². The third-order valence-corrected chi connectivity index (χ3v) is 4.74. The van der Waals surface area contributed by atoms with Crippen LogP contribution in [0.15, 0.2) is 35.2 Å². The molecule has 0 aliphatic rings. The SMILES string of the molecule is Cc1cc(C)c(S(=O)(=O)Nc2ccc(F)c(F)c2)cc1C(=O)O. The summed E-state index contributed by atoms with van der Waals surface area (Å²) in [6, 6.07) is 5.03. The molecule has 0 saturated heterocycles. The smallest absolute Gasteiger partial charge is 0.335 e. The Morgan fingerprint density at radius 2 is 1.70 bits per heavy atom. The van der Waals surface area contributed by atoms with E-state index in [-0.39, 0.29) is 16.1 Å². The summed E-state index contributed by atoms with van der Waals surface area (Å²) in [5, 5.41) is 9.10. The molecule has 0 spiro atoms. The molecular weight excluding hydrogens is 328 g/mol. The van der Waals surface area contributed by atoms with Gasteiger partial charge < -0.3 is 5.11 Å². The van der Waals surface area contributed by atoms with Crippen LogP contribution >= 0.6 is 0 Å². The molecule has 2 rings (SSSR count). The third kappa shape index (κ3) is 3.48. The minimum atomic E-state index is -4.15. The van der Waals surface area contributed by atoms with E-state index in [0.717, 1.165) is 18.2 Å². The van der Waals surface area contributed by atoms with Crippen molar-refractivity contribution in [3.63, 3.8) is 0 Å². The van der Waals surface area contributed by atoms with Crippen LogP contribution in [0.4, 0.5) is 14.5 Å². The quantitative estimate of drug-likeness (QED) is 0.895. The molecule has 0 radical (unpaired) electrons. The van der Waals surface area contributed by atoms with Crippen LogP contribution in [0.1, 0.15) is 21.5 Å². The van der Waals surface area contributed by atoms with E-state index in [1.54, 1.807) is 6.92 Å². The minimum absolute atomic E-state index is 0.152. The molecule has 0 atom stereocenters. The molecular formula is C15H13F2NO4S. The fraction of sp³-hybridized carbons (Fsp3) is 0.133. The van der Waals surface area contributed by atoms with Gasteiger partial charge in [0.1, 0.15) is 0 Å². The number of aryl methyl sites for hydroxylation is 2. The van der Waals surface area contributed by atoms with E-state index in [2.05, 4.69) is 4.72 Å². The van der Waals surface area contributed by atoms with Crippen LogP contribution in [0.5, 0.6) is 0 Å². The van der Waals surface area contributed by atoms with Gasteiger partial charge in [0.2, 0.25) is 0 Å². The Kier molecular flexibility index (Phi) is 4.37. The van der Waals surface area contributed by atoms with Gasteiger partial charge in [0.15, 0.2) is 11.6 Å². The summed E-state index contributed by atoms with van der Waals surface area (Å²) >= 11 is 0. The summed E-state index contributed by atoms with van der Waals surface area (Å²) in [6.07, 6.45) is 0. The lowest BCUT2D eigenvalue weighted by Gasteiger charge is -2.13. The van der Waals surface area contributed by atoms with Crippen molar-refractivity contribution in [2.45, 2.75) is 18.7 Å². The van der Waals surface area contributed by atoms with Gasteiger partial charge in [0.05, 0.1) is 16.1 Å². The van der Waals surface area contributed by atoms with Crippen molar-refractivity contribution in [2.24, 2.45) is 0 Å². The summed E-state index contributed by atoms with van der Waals surface area (Å²) in [5.74, 6) is -3.56. The van der Waals surface area contributed by atoms with Crippen LogP contribution in [0.3, 0.4) is 0 Å². The monoisotopic (exact) mass is 341 g/mol. The van der Waals surface area contributed by atoms with E-state index in [4.69, 9.17) is 5.11 Å². The largest absolute Gasteiger partial charge is 0.478 e. The first-order chi connectivity index (χ1) is 10.6. The molecule has 0 amide bonds. The summed E-state index contributed by atoms with van der Waals surface area (Å²) in [4.78, 5) is 10.9. The summed E-state index contributed by atoms with van der Waals surface area (Å²) in [5.41, 5.74) is 0.436. The van der Waals surface area contributed by atoms with E-state index in [9.17, 15) is 22.0 Å². The van der Waals surface area contributed by atoms with E-state index in [0.29, 0.717) is 17.2 Å². The summed E-state index contributed by atoms with van der Waals surface area (Å²) < 4.78 is 52.9. The van der Waals surface area contributed by atoms with Crippen molar-refractivity contribution in [3.8, 4) is 0 Å². The van der Waals surface area contributed by atoms with Gasteiger partial charge in [0, 0.05) is 6.07 Å². The first-order valence-corrected chi connectivity index (χ1v) is 7.92. The topological polar surface area (TPSA) is 83.5 Å². The van der Waals surface area contributed by atoms with Gasteiger partial charge in [-0.3, -0.25) is 4.72 Å². The molecule has 0 bridgehead atoms. The Hall–Kier alpha value is -2.48. The maximum atomic E-state index is 13.2. The molecule has 0 saturated carbocycles. The average Bonchev–Trinajstić information content (AvgIpc) is 2.41. The highest BCUT2D eigenvalue weighted by atomic mass is 32.2.